The monoisotopic (exact) mass is 522 g/mol. The molecule has 3 aliphatic rings. The number of piperidine rings is 1. The van der Waals surface area contributed by atoms with Gasteiger partial charge < -0.3 is 15.1 Å². The fourth-order valence-electron chi connectivity index (χ4n) is 6.35. The first kappa shape index (κ1) is 26.2. The van der Waals surface area contributed by atoms with Crippen LogP contribution in [0, 0.1) is 11.3 Å². The van der Waals surface area contributed by atoms with Crippen molar-refractivity contribution in [3.8, 4) is 0 Å². The van der Waals surface area contributed by atoms with E-state index in [4.69, 9.17) is 11.6 Å². The average Bonchev–Trinajstić information content (AvgIpc) is 3.23. The Bertz CT molecular complexity index is 1030. The van der Waals surface area contributed by atoms with Crippen molar-refractivity contribution in [2.24, 2.45) is 11.3 Å². The highest BCUT2D eigenvalue weighted by atomic mass is 35.5. The summed E-state index contributed by atoms with van der Waals surface area (Å²) in [5.74, 6) is 0.552. The van der Waals surface area contributed by atoms with E-state index in [0.717, 1.165) is 88.7 Å². The summed E-state index contributed by atoms with van der Waals surface area (Å²) in [4.78, 5) is 35.1. The molecule has 198 valence electrons. The van der Waals surface area contributed by atoms with Crippen LogP contribution in [-0.4, -0.2) is 58.2 Å². The van der Waals surface area contributed by atoms with Crippen LogP contribution in [-0.2, 0) is 16.1 Å². The molecule has 3 fully saturated rings. The lowest BCUT2D eigenvalue weighted by molar-refractivity contribution is -0.139. The number of amides is 2. The minimum atomic E-state index is -0.201. The number of carbonyl (C=O) groups excluding carboxylic acids is 2. The van der Waals surface area contributed by atoms with Crippen LogP contribution in [0.25, 0.3) is 0 Å². The molecule has 2 amide bonds. The van der Waals surface area contributed by atoms with E-state index in [0.29, 0.717) is 12.5 Å². The highest BCUT2D eigenvalue weighted by Crippen LogP contribution is 2.42. The smallest absolute Gasteiger partial charge is 0.229 e. The maximum atomic E-state index is 13.4. The van der Waals surface area contributed by atoms with Gasteiger partial charge in [0.05, 0.1) is 11.5 Å². The van der Waals surface area contributed by atoms with E-state index in [1.807, 2.05) is 41.4 Å². The van der Waals surface area contributed by atoms with Crippen molar-refractivity contribution in [1.82, 2.24) is 20.1 Å². The predicted molar refractivity (Wildman–Crippen MR) is 146 cm³/mol. The Kier molecular flexibility index (Phi) is 8.46. The number of nitrogens with one attached hydrogen (secondary N) is 1. The largest absolute Gasteiger partial charge is 0.349 e. The molecule has 7 heteroatoms. The first-order chi connectivity index (χ1) is 18.0. The summed E-state index contributed by atoms with van der Waals surface area (Å²) >= 11 is 6.26. The fourth-order valence-corrected chi connectivity index (χ4v) is 6.60. The second-order valence-corrected chi connectivity index (χ2v) is 11.8. The van der Waals surface area contributed by atoms with Gasteiger partial charge in [0.2, 0.25) is 11.8 Å². The number of likely N-dealkylation sites (tertiary alicyclic amines) is 2. The minimum Gasteiger partial charge on any atom is -0.349 e. The number of halogens is 1. The predicted octanol–water partition coefficient (Wildman–Crippen LogP) is 4.94. The Morgan fingerprint density at radius 1 is 1.03 bits per heavy atom. The van der Waals surface area contributed by atoms with E-state index in [-0.39, 0.29) is 28.7 Å². The van der Waals surface area contributed by atoms with Crippen molar-refractivity contribution >= 4 is 23.4 Å². The summed E-state index contributed by atoms with van der Waals surface area (Å²) in [6.45, 7) is 4.27. The molecule has 2 saturated heterocycles. The van der Waals surface area contributed by atoms with Crippen LogP contribution in [0.1, 0.15) is 68.5 Å². The Labute approximate surface area is 225 Å². The first-order valence-corrected chi connectivity index (χ1v) is 14.4. The Balaban J connectivity index is 1.14. The van der Waals surface area contributed by atoms with Gasteiger partial charge >= 0.3 is 0 Å². The van der Waals surface area contributed by atoms with Crippen molar-refractivity contribution in [3.05, 3.63) is 66.0 Å². The summed E-state index contributed by atoms with van der Waals surface area (Å²) < 4.78 is 0. The van der Waals surface area contributed by atoms with Gasteiger partial charge in [0.1, 0.15) is 0 Å². The molecule has 37 heavy (non-hydrogen) atoms. The van der Waals surface area contributed by atoms with E-state index >= 15 is 0 Å². The summed E-state index contributed by atoms with van der Waals surface area (Å²) in [6, 6.07) is 14.3. The molecule has 1 aromatic heterocycles. The van der Waals surface area contributed by atoms with Crippen molar-refractivity contribution < 1.29 is 9.59 Å². The summed E-state index contributed by atoms with van der Waals surface area (Å²) in [7, 11) is 0. The van der Waals surface area contributed by atoms with Gasteiger partial charge in [0.25, 0.3) is 0 Å². The third-order valence-electron chi connectivity index (χ3n) is 8.79. The summed E-state index contributed by atoms with van der Waals surface area (Å²) in [6.07, 6.45) is 10.9. The number of nitrogens with zero attached hydrogens (tertiary/aromatic N) is 3. The molecule has 2 aliphatic heterocycles. The lowest BCUT2D eigenvalue weighted by Crippen LogP contribution is -2.45. The van der Waals surface area contributed by atoms with Crippen molar-refractivity contribution in [2.45, 2.75) is 69.3 Å². The third-order valence-corrected chi connectivity index (χ3v) is 9.23. The number of hydrogen-bond acceptors (Lipinski definition) is 4. The zero-order valence-electron chi connectivity index (χ0n) is 21.7. The third kappa shape index (κ3) is 6.35. The lowest BCUT2D eigenvalue weighted by atomic mass is 9.77. The molecule has 1 saturated carbocycles. The zero-order chi connectivity index (χ0) is 25.7. The minimum absolute atomic E-state index is 0.00129. The van der Waals surface area contributed by atoms with Crippen LogP contribution in [0.15, 0.2) is 54.9 Å². The lowest BCUT2D eigenvalue weighted by Gasteiger charge is -2.38. The molecule has 6 nitrogen and oxygen atoms in total. The number of alkyl halides is 1. The van der Waals surface area contributed by atoms with Gasteiger partial charge in [-0.15, -0.1) is 11.6 Å². The van der Waals surface area contributed by atoms with Crippen LogP contribution in [0.2, 0.25) is 0 Å². The van der Waals surface area contributed by atoms with Crippen LogP contribution >= 0.6 is 11.6 Å². The first-order valence-electron chi connectivity index (χ1n) is 13.9. The summed E-state index contributed by atoms with van der Waals surface area (Å²) in [5.41, 5.74) is 2.05. The molecule has 1 aliphatic carbocycles. The van der Waals surface area contributed by atoms with Crippen LogP contribution in [0.5, 0.6) is 0 Å². The Morgan fingerprint density at radius 2 is 1.76 bits per heavy atom. The molecule has 1 unspecified atom stereocenters. The normalized spacial score (nSPS) is 24.8. The average molecular weight is 523 g/mol. The molecular weight excluding hydrogens is 484 g/mol. The molecule has 2 aromatic rings. The van der Waals surface area contributed by atoms with E-state index in [2.05, 4.69) is 27.3 Å². The van der Waals surface area contributed by atoms with Gasteiger partial charge in [-0.2, -0.15) is 0 Å². The fraction of sp³-hybridized carbons (Fsp3) is 0.567. The number of aromatic nitrogens is 1. The number of carbonyl (C=O) groups is 2. The zero-order valence-corrected chi connectivity index (χ0v) is 22.4. The van der Waals surface area contributed by atoms with Crippen molar-refractivity contribution in [1.29, 1.82) is 0 Å². The highest BCUT2D eigenvalue weighted by molar-refractivity contribution is 6.20. The SMILES string of the molecule is O=C(NC(CCN1CCC2(CC1)CCN(Cc1cccnc1)C2=O)c1ccccc1)C1CCC(Cl)CC1. The van der Waals surface area contributed by atoms with Gasteiger partial charge in [-0.1, -0.05) is 36.4 Å². The van der Waals surface area contributed by atoms with Crippen LogP contribution in [0.3, 0.4) is 0 Å². The van der Waals surface area contributed by atoms with Crippen molar-refractivity contribution in [3.63, 3.8) is 0 Å². The maximum absolute atomic E-state index is 13.4. The Hall–Kier alpha value is -2.44. The van der Waals surface area contributed by atoms with E-state index < -0.39 is 0 Å². The molecule has 1 aromatic carbocycles. The van der Waals surface area contributed by atoms with Gasteiger partial charge in [0, 0.05) is 43.3 Å². The van der Waals surface area contributed by atoms with E-state index in [9.17, 15) is 9.59 Å². The van der Waals surface area contributed by atoms with Gasteiger partial charge in [-0.05, 0) is 81.6 Å². The van der Waals surface area contributed by atoms with Crippen LogP contribution < -0.4 is 5.32 Å². The maximum Gasteiger partial charge on any atom is 0.229 e. The standard InChI is InChI=1S/C30H39ClN4O2/c31-26-10-8-25(9-11-26)28(36)33-27(24-6-2-1-3-7-24)12-17-34-18-13-30(14-19-34)15-20-35(29(30)37)22-23-5-4-16-32-21-23/h1-7,16,21,25-27H,8-15,17-20,22H2,(H,33,36). The Morgan fingerprint density at radius 3 is 2.46 bits per heavy atom. The van der Waals surface area contributed by atoms with Gasteiger partial charge in [-0.3, -0.25) is 14.6 Å². The number of rotatable bonds is 8. The van der Waals surface area contributed by atoms with Gasteiger partial charge in [0.15, 0.2) is 0 Å². The number of pyridine rings is 1. The number of benzene rings is 1. The van der Waals surface area contributed by atoms with E-state index in [1.54, 1.807) is 6.20 Å². The molecule has 5 rings (SSSR count). The highest BCUT2D eigenvalue weighted by Gasteiger charge is 2.47. The number of hydrogen-bond donors (Lipinski definition) is 1. The second-order valence-electron chi connectivity index (χ2n) is 11.2. The quantitative estimate of drug-likeness (QED) is 0.499. The molecule has 1 spiro atoms. The van der Waals surface area contributed by atoms with Crippen LogP contribution in [0.4, 0.5) is 0 Å². The molecule has 0 bridgehead atoms. The second kappa shape index (κ2) is 12.0. The molecular formula is C30H39ClN4O2. The molecule has 3 heterocycles. The molecule has 0 radical (unpaired) electrons. The van der Waals surface area contributed by atoms with E-state index in [1.165, 1.54) is 0 Å². The topological polar surface area (TPSA) is 65.5 Å². The van der Waals surface area contributed by atoms with Crippen molar-refractivity contribution in [2.75, 3.05) is 26.2 Å². The molecule has 1 atom stereocenters. The summed E-state index contributed by atoms with van der Waals surface area (Å²) in [5, 5.41) is 3.58. The molecule has 1 N–H and O–H groups in total. The van der Waals surface area contributed by atoms with Gasteiger partial charge in [-0.25, -0.2) is 0 Å².